The Hall–Kier alpha value is -1.02. The molecule has 0 aliphatic heterocycles. The van der Waals surface area contributed by atoms with Crippen LogP contribution in [0.25, 0.3) is 6.08 Å². The molecule has 0 bridgehead atoms. The summed E-state index contributed by atoms with van der Waals surface area (Å²) in [5.74, 6) is 1.05. The van der Waals surface area contributed by atoms with Crippen LogP contribution in [0.1, 0.15) is 37.5 Å². The molecule has 1 nitrogen and oxygen atoms in total. The fraction of sp³-hybridized carbons (Fsp3) is 0.429. The van der Waals surface area contributed by atoms with Crippen molar-refractivity contribution in [3.8, 4) is 5.75 Å². The first-order chi connectivity index (χ1) is 7.35. The molecule has 1 aromatic rings. The fourth-order valence-corrected chi connectivity index (χ4v) is 2.39. The summed E-state index contributed by atoms with van der Waals surface area (Å²) in [7, 11) is -0.530. The molecule has 2 heteroatoms. The molecule has 0 unspecified atom stereocenters. The van der Waals surface area contributed by atoms with Crippen molar-refractivity contribution in [2.45, 2.75) is 39.7 Å². The fourth-order valence-electron chi connectivity index (χ4n) is 1.49. The SMILES string of the molecule is C=Cc1ccc(O[SiH2]C(C)(C)C)c(C)c1C. The highest BCUT2D eigenvalue weighted by atomic mass is 28.2. The van der Waals surface area contributed by atoms with E-state index in [1.165, 1.54) is 16.7 Å². The first-order valence-electron chi connectivity index (χ1n) is 5.70. The summed E-state index contributed by atoms with van der Waals surface area (Å²) >= 11 is 0. The van der Waals surface area contributed by atoms with Gasteiger partial charge in [-0.25, -0.2) is 0 Å². The van der Waals surface area contributed by atoms with E-state index >= 15 is 0 Å². The Morgan fingerprint density at radius 3 is 2.31 bits per heavy atom. The van der Waals surface area contributed by atoms with Crippen LogP contribution in [-0.2, 0) is 0 Å². The van der Waals surface area contributed by atoms with Gasteiger partial charge < -0.3 is 4.43 Å². The average molecular weight is 234 g/mol. The van der Waals surface area contributed by atoms with Crippen molar-refractivity contribution in [2.24, 2.45) is 0 Å². The van der Waals surface area contributed by atoms with E-state index in [9.17, 15) is 0 Å². The van der Waals surface area contributed by atoms with Gasteiger partial charge in [0, 0.05) is 0 Å². The highest BCUT2D eigenvalue weighted by molar-refractivity contribution is 6.32. The van der Waals surface area contributed by atoms with E-state index in [0.717, 1.165) is 5.75 Å². The predicted octanol–water partition coefficient (Wildman–Crippen LogP) is 3.63. The van der Waals surface area contributed by atoms with Gasteiger partial charge in [0.25, 0.3) is 0 Å². The maximum Gasteiger partial charge on any atom is 0.224 e. The first kappa shape index (κ1) is 13.0. The topological polar surface area (TPSA) is 9.23 Å². The van der Waals surface area contributed by atoms with Crippen molar-refractivity contribution in [1.29, 1.82) is 0 Å². The number of rotatable bonds is 3. The third-order valence-electron chi connectivity index (χ3n) is 2.66. The van der Waals surface area contributed by atoms with Crippen LogP contribution < -0.4 is 4.43 Å². The quantitative estimate of drug-likeness (QED) is 0.726. The second-order valence-corrected chi connectivity index (χ2v) is 8.16. The molecule has 0 N–H and O–H groups in total. The van der Waals surface area contributed by atoms with Crippen molar-refractivity contribution in [2.75, 3.05) is 0 Å². The van der Waals surface area contributed by atoms with Crippen molar-refractivity contribution in [1.82, 2.24) is 0 Å². The Balaban J connectivity index is 2.91. The minimum absolute atomic E-state index is 0.331. The van der Waals surface area contributed by atoms with Gasteiger partial charge in [0.05, 0.1) is 0 Å². The molecule has 0 spiro atoms. The second kappa shape index (κ2) is 4.87. The van der Waals surface area contributed by atoms with Crippen LogP contribution in [0.5, 0.6) is 5.75 Å². The van der Waals surface area contributed by atoms with Crippen molar-refractivity contribution in [3.63, 3.8) is 0 Å². The van der Waals surface area contributed by atoms with Gasteiger partial charge in [0.2, 0.25) is 9.76 Å². The van der Waals surface area contributed by atoms with Crippen LogP contribution in [0, 0.1) is 13.8 Å². The lowest BCUT2D eigenvalue weighted by atomic mass is 10.0. The number of hydrogen-bond acceptors (Lipinski definition) is 1. The third kappa shape index (κ3) is 3.24. The largest absolute Gasteiger partial charge is 0.549 e. The normalized spacial score (nSPS) is 12.1. The van der Waals surface area contributed by atoms with Crippen LogP contribution in [0.4, 0.5) is 0 Å². The van der Waals surface area contributed by atoms with E-state index < -0.39 is 9.76 Å². The lowest BCUT2D eigenvalue weighted by Crippen LogP contribution is -2.16. The summed E-state index contributed by atoms with van der Waals surface area (Å²) in [5, 5.41) is 0.331. The van der Waals surface area contributed by atoms with Gasteiger partial charge in [-0.15, -0.1) is 0 Å². The zero-order valence-corrected chi connectivity index (χ0v) is 12.5. The number of hydrogen-bond donors (Lipinski definition) is 0. The van der Waals surface area contributed by atoms with Crippen LogP contribution in [0.2, 0.25) is 5.04 Å². The molecular weight excluding hydrogens is 212 g/mol. The highest BCUT2D eigenvalue weighted by Crippen LogP contribution is 2.27. The average Bonchev–Trinajstić information content (AvgIpc) is 2.19. The maximum atomic E-state index is 5.99. The molecule has 16 heavy (non-hydrogen) atoms. The Labute approximate surface area is 101 Å². The van der Waals surface area contributed by atoms with Crippen molar-refractivity contribution < 1.29 is 4.43 Å². The summed E-state index contributed by atoms with van der Waals surface area (Å²) in [6, 6.07) is 4.15. The zero-order valence-electron chi connectivity index (χ0n) is 11.1. The standard InChI is InChI=1S/C14H22OSi/c1-7-12-8-9-13(11(3)10(12)2)15-16-14(4,5)6/h7-9H,1,16H2,2-6H3. The summed E-state index contributed by atoms with van der Waals surface area (Å²) < 4.78 is 5.99. The Kier molecular flexibility index (Phi) is 3.97. The predicted molar refractivity (Wildman–Crippen MR) is 74.9 cm³/mol. The van der Waals surface area contributed by atoms with Gasteiger partial charge in [0.15, 0.2) is 0 Å². The molecule has 0 fully saturated rings. The van der Waals surface area contributed by atoms with E-state index in [1.807, 2.05) is 6.08 Å². The Morgan fingerprint density at radius 1 is 1.19 bits per heavy atom. The molecule has 0 aliphatic rings. The Bertz CT molecular complexity index is 388. The highest BCUT2D eigenvalue weighted by Gasteiger charge is 2.14. The molecule has 0 aliphatic carbocycles. The van der Waals surface area contributed by atoms with Gasteiger partial charge in [-0.2, -0.15) is 0 Å². The van der Waals surface area contributed by atoms with Gasteiger partial charge in [-0.05, 0) is 41.6 Å². The van der Waals surface area contributed by atoms with Gasteiger partial charge in [-0.1, -0.05) is 39.5 Å². The molecule has 0 radical (unpaired) electrons. The van der Waals surface area contributed by atoms with E-state index in [1.54, 1.807) is 0 Å². The third-order valence-corrected chi connectivity index (χ3v) is 3.98. The molecule has 0 saturated heterocycles. The lowest BCUT2D eigenvalue weighted by Gasteiger charge is -2.20. The van der Waals surface area contributed by atoms with Crippen LogP contribution in [0.3, 0.4) is 0 Å². The van der Waals surface area contributed by atoms with E-state index in [0.29, 0.717) is 5.04 Å². The van der Waals surface area contributed by atoms with Gasteiger partial charge in [0.1, 0.15) is 5.75 Å². The number of benzene rings is 1. The smallest absolute Gasteiger partial charge is 0.224 e. The molecule has 0 saturated carbocycles. The van der Waals surface area contributed by atoms with Gasteiger partial charge >= 0.3 is 0 Å². The molecular formula is C14H22OSi. The molecule has 1 aromatic carbocycles. The molecule has 0 amide bonds. The van der Waals surface area contributed by atoms with Gasteiger partial charge in [-0.3, -0.25) is 0 Å². The van der Waals surface area contributed by atoms with E-state index in [2.05, 4.69) is 53.3 Å². The van der Waals surface area contributed by atoms with Crippen molar-refractivity contribution in [3.05, 3.63) is 35.4 Å². The summed E-state index contributed by atoms with van der Waals surface area (Å²) in [6.07, 6.45) is 1.90. The van der Waals surface area contributed by atoms with Crippen LogP contribution >= 0.6 is 0 Å². The molecule has 0 heterocycles. The minimum Gasteiger partial charge on any atom is -0.549 e. The Morgan fingerprint density at radius 2 is 1.81 bits per heavy atom. The van der Waals surface area contributed by atoms with Crippen LogP contribution in [-0.4, -0.2) is 9.76 Å². The molecule has 0 aromatic heterocycles. The monoisotopic (exact) mass is 234 g/mol. The lowest BCUT2D eigenvalue weighted by molar-refractivity contribution is 0.540. The van der Waals surface area contributed by atoms with E-state index in [-0.39, 0.29) is 0 Å². The summed E-state index contributed by atoms with van der Waals surface area (Å²) in [5.41, 5.74) is 3.71. The molecule has 1 rings (SSSR count). The molecule has 88 valence electrons. The second-order valence-electron chi connectivity index (χ2n) is 5.46. The summed E-state index contributed by atoms with van der Waals surface area (Å²) in [4.78, 5) is 0. The molecule has 0 atom stereocenters. The van der Waals surface area contributed by atoms with Crippen LogP contribution in [0.15, 0.2) is 18.7 Å². The minimum atomic E-state index is -0.530. The maximum absolute atomic E-state index is 5.99. The summed E-state index contributed by atoms with van der Waals surface area (Å²) in [6.45, 7) is 14.8. The van der Waals surface area contributed by atoms with E-state index in [4.69, 9.17) is 4.43 Å². The first-order valence-corrected chi connectivity index (χ1v) is 6.99. The van der Waals surface area contributed by atoms with Crippen molar-refractivity contribution >= 4 is 15.8 Å². The zero-order chi connectivity index (χ0) is 12.3.